The normalized spacial score (nSPS) is 46.0. The highest BCUT2D eigenvalue weighted by molar-refractivity contribution is 5.38. The second-order valence-electron chi connectivity index (χ2n) is 4.77. The van der Waals surface area contributed by atoms with E-state index in [2.05, 4.69) is 26.0 Å². The first-order valence-electron chi connectivity index (χ1n) is 5.51. The molecule has 1 saturated carbocycles. The highest BCUT2D eigenvalue weighted by Crippen LogP contribution is 2.45. The molecular weight excluding hydrogens is 176 g/mol. The van der Waals surface area contributed by atoms with Crippen LogP contribution in [0, 0.1) is 23.7 Å². The van der Waals surface area contributed by atoms with Gasteiger partial charge in [0.15, 0.2) is 0 Å². The molecule has 2 nitrogen and oxygen atoms in total. The molecule has 0 radical (unpaired) electrons. The lowest BCUT2D eigenvalue weighted by Gasteiger charge is -2.38. The average molecular weight is 194 g/mol. The molecule has 0 aromatic carbocycles. The Morgan fingerprint density at radius 2 is 1.93 bits per heavy atom. The SMILES string of the molecule is CC1CCC(C)C2C(OC=O)C=CC12. The molecule has 0 bridgehead atoms. The van der Waals surface area contributed by atoms with E-state index in [1.807, 2.05) is 0 Å². The van der Waals surface area contributed by atoms with Gasteiger partial charge in [0.2, 0.25) is 0 Å². The number of carbonyl (C=O) groups is 1. The molecule has 0 spiro atoms. The van der Waals surface area contributed by atoms with E-state index in [1.165, 1.54) is 12.8 Å². The van der Waals surface area contributed by atoms with Crippen LogP contribution in [-0.4, -0.2) is 12.6 Å². The van der Waals surface area contributed by atoms with Gasteiger partial charge in [-0.05, 0) is 36.7 Å². The lowest BCUT2D eigenvalue weighted by Crippen LogP contribution is -2.35. The van der Waals surface area contributed by atoms with Crippen molar-refractivity contribution in [2.75, 3.05) is 0 Å². The van der Waals surface area contributed by atoms with Crippen molar-refractivity contribution in [2.24, 2.45) is 23.7 Å². The summed E-state index contributed by atoms with van der Waals surface area (Å²) in [6.07, 6.45) is 6.93. The Bertz CT molecular complexity index is 247. The molecule has 0 aromatic heterocycles. The summed E-state index contributed by atoms with van der Waals surface area (Å²) in [5, 5.41) is 0. The van der Waals surface area contributed by atoms with Crippen molar-refractivity contribution < 1.29 is 9.53 Å². The molecule has 2 rings (SSSR count). The molecule has 0 amide bonds. The number of carbonyl (C=O) groups excluding carboxylic acids is 1. The topological polar surface area (TPSA) is 26.3 Å². The largest absolute Gasteiger partial charge is 0.460 e. The summed E-state index contributed by atoms with van der Waals surface area (Å²) in [6.45, 7) is 5.16. The third kappa shape index (κ3) is 1.47. The maximum absolute atomic E-state index is 10.4. The van der Waals surface area contributed by atoms with E-state index in [1.54, 1.807) is 0 Å². The predicted molar refractivity (Wildman–Crippen MR) is 54.6 cm³/mol. The van der Waals surface area contributed by atoms with Gasteiger partial charge in [0, 0.05) is 5.92 Å². The molecule has 0 aliphatic heterocycles. The van der Waals surface area contributed by atoms with Crippen LogP contribution in [0.1, 0.15) is 26.7 Å². The summed E-state index contributed by atoms with van der Waals surface area (Å²) in [4.78, 5) is 10.4. The fourth-order valence-electron chi connectivity index (χ4n) is 3.10. The zero-order valence-electron chi connectivity index (χ0n) is 8.85. The Hall–Kier alpha value is -0.790. The Morgan fingerprint density at radius 3 is 2.64 bits per heavy atom. The van der Waals surface area contributed by atoms with Crippen LogP contribution in [0.4, 0.5) is 0 Å². The number of allylic oxidation sites excluding steroid dienone is 1. The summed E-state index contributed by atoms with van der Waals surface area (Å²) < 4.78 is 5.12. The molecule has 2 aliphatic carbocycles. The zero-order chi connectivity index (χ0) is 10.1. The van der Waals surface area contributed by atoms with Gasteiger partial charge in [-0.25, -0.2) is 0 Å². The van der Waals surface area contributed by atoms with Gasteiger partial charge in [0.1, 0.15) is 6.10 Å². The molecular formula is C12H18O2. The van der Waals surface area contributed by atoms with Crippen molar-refractivity contribution in [1.29, 1.82) is 0 Å². The molecule has 2 heteroatoms. The first-order chi connectivity index (χ1) is 6.74. The molecule has 0 saturated heterocycles. The van der Waals surface area contributed by atoms with Gasteiger partial charge < -0.3 is 4.74 Å². The summed E-state index contributed by atoms with van der Waals surface area (Å²) in [7, 11) is 0. The van der Waals surface area contributed by atoms with Crippen LogP contribution in [0.15, 0.2) is 12.2 Å². The van der Waals surface area contributed by atoms with Crippen LogP contribution >= 0.6 is 0 Å². The van der Waals surface area contributed by atoms with Crippen molar-refractivity contribution in [1.82, 2.24) is 0 Å². The molecule has 78 valence electrons. The molecule has 5 atom stereocenters. The number of ether oxygens (including phenoxy) is 1. The molecule has 1 fully saturated rings. The predicted octanol–water partition coefficient (Wildman–Crippen LogP) is 2.40. The van der Waals surface area contributed by atoms with Crippen molar-refractivity contribution in [3.63, 3.8) is 0 Å². The molecule has 0 heterocycles. The minimum absolute atomic E-state index is 0.0373. The Balaban J connectivity index is 2.13. The second kappa shape index (κ2) is 3.76. The third-order valence-electron chi connectivity index (χ3n) is 3.95. The van der Waals surface area contributed by atoms with Crippen LogP contribution < -0.4 is 0 Å². The van der Waals surface area contributed by atoms with Gasteiger partial charge in [-0.1, -0.05) is 19.9 Å². The Labute approximate surface area is 85.3 Å². The highest BCUT2D eigenvalue weighted by Gasteiger charge is 2.42. The van der Waals surface area contributed by atoms with Crippen LogP contribution in [0.3, 0.4) is 0 Å². The number of fused-ring (bicyclic) bond motifs is 1. The van der Waals surface area contributed by atoms with Crippen molar-refractivity contribution in [3.05, 3.63) is 12.2 Å². The summed E-state index contributed by atoms with van der Waals surface area (Å²) in [6, 6.07) is 0. The first-order valence-corrected chi connectivity index (χ1v) is 5.51. The van der Waals surface area contributed by atoms with E-state index in [0.717, 1.165) is 5.92 Å². The standard InChI is InChI=1S/C12H18O2/c1-8-3-4-9(2)12-10(8)5-6-11(12)14-7-13/h5-12H,3-4H2,1-2H3. The van der Waals surface area contributed by atoms with E-state index in [4.69, 9.17) is 4.74 Å². The van der Waals surface area contributed by atoms with Gasteiger partial charge in [-0.3, -0.25) is 4.79 Å². The third-order valence-corrected chi connectivity index (χ3v) is 3.95. The van der Waals surface area contributed by atoms with E-state index in [-0.39, 0.29) is 6.10 Å². The second-order valence-corrected chi connectivity index (χ2v) is 4.77. The summed E-state index contributed by atoms with van der Waals surface area (Å²) in [5.74, 6) is 2.58. The molecule has 0 N–H and O–H groups in total. The number of hydrogen-bond acceptors (Lipinski definition) is 2. The van der Waals surface area contributed by atoms with Gasteiger partial charge in [-0.2, -0.15) is 0 Å². The minimum atomic E-state index is 0.0373. The first kappa shape index (κ1) is 9.75. The fraction of sp³-hybridized carbons (Fsp3) is 0.750. The Kier molecular flexibility index (Phi) is 2.62. The number of hydrogen-bond donors (Lipinski definition) is 0. The van der Waals surface area contributed by atoms with Gasteiger partial charge in [-0.15, -0.1) is 0 Å². The minimum Gasteiger partial charge on any atom is -0.460 e. The zero-order valence-corrected chi connectivity index (χ0v) is 8.85. The molecule has 2 aliphatic rings. The van der Waals surface area contributed by atoms with Crippen molar-refractivity contribution in [2.45, 2.75) is 32.8 Å². The lowest BCUT2D eigenvalue weighted by atomic mass is 9.68. The molecule has 0 aromatic rings. The maximum atomic E-state index is 10.4. The summed E-state index contributed by atoms with van der Waals surface area (Å²) in [5.41, 5.74) is 0. The van der Waals surface area contributed by atoms with E-state index >= 15 is 0 Å². The highest BCUT2D eigenvalue weighted by atomic mass is 16.5. The Morgan fingerprint density at radius 1 is 1.21 bits per heavy atom. The quantitative estimate of drug-likeness (QED) is 0.498. The lowest BCUT2D eigenvalue weighted by molar-refractivity contribution is -0.135. The van der Waals surface area contributed by atoms with E-state index in [9.17, 15) is 4.79 Å². The van der Waals surface area contributed by atoms with Crippen LogP contribution in [0.5, 0.6) is 0 Å². The number of rotatable bonds is 2. The smallest absolute Gasteiger partial charge is 0.293 e. The van der Waals surface area contributed by atoms with Gasteiger partial charge in [0.05, 0.1) is 0 Å². The van der Waals surface area contributed by atoms with Crippen molar-refractivity contribution in [3.8, 4) is 0 Å². The molecule has 5 unspecified atom stereocenters. The monoisotopic (exact) mass is 194 g/mol. The van der Waals surface area contributed by atoms with E-state index in [0.29, 0.717) is 24.2 Å². The van der Waals surface area contributed by atoms with E-state index < -0.39 is 0 Å². The fourth-order valence-corrected chi connectivity index (χ4v) is 3.10. The molecule has 14 heavy (non-hydrogen) atoms. The van der Waals surface area contributed by atoms with Crippen LogP contribution in [0.2, 0.25) is 0 Å². The van der Waals surface area contributed by atoms with Crippen LogP contribution in [-0.2, 0) is 9.53 Å². The van der Waals surface area contributed by atoms with Crippen LogP contribution in [0.25, 0.3) is 0 Å². The average Bonchev–Trinajstić information content (AvgIpc) is 2.58. The van der Waals surface area contributed by atoms with Gasteiger partial charge in [0.25, 0.3) is 6.47 Å². The van der Waals surface area contributed by atoms with Gasteiger partial charge >= 0.3 is 0 Å². The summed E-state index contributed by atoms with van der Waals surface area (Å²) >= 11 is 0. The van der Waals surface area contributed by atoms with Crippen molar-refractivity contribution >= 4 is 6.47 Å². The maximum Gasteiger partial charge on any atom is 0.293 e.